The molecule has 1 atom stereocenters. The predicted octanol–water partition coefficient (Wildman–Crippen LogP) is 3.34. The van der Waals surface area contributed by atoms with E-state index in [0.29, 0.717) is 0 Å². The van der Waals surface area contributed by atoms with Crippen molar-refractivity contribution >= 4 is 39.4 Å². The van der Waals surface area contributed by atoms with Gasteiger partial charge in [-0.3, -0.25) is 0 Å². The van der Waals surface area contributed by atoms with Gasteiger partial charge in [-0.2, -0.15) is 0 Å². The molecule has 2 aromatic carbocycles. The Kier molecular flexibility index (Phi) is 3.49. The standard InChI is InChI=1S/C14H11N2.ClH.Sb.H/c15-13(11-7-3-1-4-8-11)14(16)12-9-5-2-6-10-12;;;/h1-10,15H;1H;;/q-1;;+2;/p-1. The molecule has 0 saturated heterocycles. The van der Waals surface area contributed by atoms with Gasteiger partial charge in [-0.15, -0.1) is 0 Å². The summed E-state index contributed by atoms with van der Waals surface area (Å²) in [5.74, 6) is 0. The quantitative estimate of drug-likeness (QED) is 0.811. The van der Waals surface area contributed by atoms with Crippen LogP contribution in [-0.2, 0) is 0 Å². The van der Waals surface area contributed by atoms with Crippen molar-refractivity contribution in [3.63, 3.8) is 0 Å². The van der Waals surface area contributed by atoms with Crippen LogP contribution in [0.4, 0.5) is 0 Å². The first-order chi connectivity index (χ1) is 8.84. The van der Waals surface area contributed by atoms with Crippen LogP contribution in [0.15, 0.2) is 63.8 Å². The van der Waals surface area contributed by atoms with Gasteiger partial charge in [0.25, 0.3) is 0 Å². The number of nitrogens with one attached hydrogen (secondary N) is 1. The molecule has 1 aliphatic heterocycles. The van der Waals surface area contributed by atoms with Crippen molar-refractivity contribution in [3.8, 4) is 0 Å². The van der Waals surface area contributed by atoms with Crippen molar-refractivity contribution in [2.75, 3.05) is 0 Å². The first-order valence-corrected chi connectivity index (χ1v) is 12.0. The summed E-state index contributed by atoms with van der Waals surface area (Å²) in [5.41, 5.74) is 4.36. The minimum absolute atomic E-state index is 1.01. The van der Waals surface area contributed by atoms with Crippen LogP contribution in [0.25, 0.3) is 11.4 Å². The van der Waals surface area contributed by atoms with E-state index in [2.05, 4.69) is 30.8 Å². The van der Waals surface area contributed by atoms with E-state index in [1.54, 1.807) is 0 Å². The van der Waals surface area contributed by atoms with E-state index in [4.69, 9.17) is 8.83 Å². The molecule has 2 aromatic rings. The first-order valence-electron chi connectivity index (χ1n) is 5.71. The van der Waals surface area contributed by atoms with Crippen LogP contribution in [0.3, 0.4) is 0 Å². The van der Waals surface area contributed by atoms with Gasteiger partial charge in [0.1, 0.15) is 0 Å². The summed E-state index contributed by atoms with van der Waals surface area (Å²) in [6, 6.07) is 20.4. The van der Waals surface area contributed by atoms with Crippen LogP contribution in [0, 0.1) is 0 Å². The predicted molar refractivity (Wildman–Crippen MR) is 78.3 cm³/mol. The van der Waals surface area contributed by atoms with Gasteiger partial charge >= 0.3 is 118 Å². The normalized spacial score (nSPS) is 18.4. The van der Waals surface area contributed by atoms with Gasteiger partial charge in [-0.25, -0.2) is 0 Å². The average Bonchev–Trinajstić information content (AvgIpc) is 2.83. The molecular weight excluding hydrogens is 353 g/mol. The van der Waals surface area contributed by atoms with Crippen LogP contribution >= 0.6 is 8.83 Å². The van der Waals surface area contributed by atoms with Crippen molar-refractivity contribution in [2.24, 2.45) is 3.09 Å². The third-order valence-electron chi connectivity index (χ3n) is 2.78. The zero-order valence-electron chi connectivity index (χ0n) is 9.60. The van der Waals surface area contributed by atoms with Crippen molar-refractivity contribution in [1.82, 2.24) is 3.48 Å². The molecule has 0 bridgehead atoms. The Hall–Kier alpha value is -1.11. The van der Waals surface area contributed by atoms with Crippen molar-refractivity contribution in [2.45, 2.75) is 0 Å². The Morgan fingerprint density at radius 3 is 2.00 bits per heavy atom. The van der Waals surface area contributed by atoms with Crippen molar-refractivity contribution < 1.29 is 0 Å². The fourth-order valence-corrected chi connectivity index (χ4v) is 5.91. The number of rotatable bonds is 2. The van der Waals surface area contributed by atoms with E-state index >= 15 is 0 Å². The molecule has 0 spiro atoms. The van der Waals surface area contributed by atoms with E-state index in [9.17, 15) is 0 Å². The Morgan fingerprint density at radius 2 is 1.39 bits per heavy atom. The molecule has 18 heavy (non-hydrogen) atoms. The zero-order chi connectivity index (χ0) is 12.4. The molecule has 3 rings (SSSR count). The topological polar surface area (TPSA) is 24.4 Å². The number of hydrogen-bond donors (Lipinski definition) is 1. The molecule has 0 aromatic heterocycles. The van der Waals surface area contributed by atoms with Gasteiger partial charge in [-0.1, -0.05) is 0 Å². The summed E-state index contributed by atoms with van der Waals surface area (Å²) in [6.07, 6.45) is 0. The second-order valence-electron chi connectivity index (χ2n) is 3.98. The summed E-state index contributed by atoms with van der Waals surface area (Å²) >= 11 is -2.29. The van der Waals surface area contributed by atoms with Gasteiger partial charge in [-0.05, 0) is 0 Å². The third-order valence-corrected chi connectivity index (χ3v) is 6.49. The molecule has 2 nitrogen and oxygen atoms in total. The zero-order valence-corrected chi connectivity index (χ0v) is 13.2. The molecule has 1 unspecified atom stereocenters. The van der Waals surface area contributed by atoms with Crippen LogP contribution in [0.5, 0.6) is 0 Å². The first kappa shape index (κ1) is 11.9. The van der Waals surface area contributed by atoms with Crippen LogP contribution in [-0.4, -0.2) is 19.2 Å². The molecule has 1 heterocycles. The van der Waals surface area contributed by atoms with E-state index in [0.717, 1.165) is 22.5 Å². The van der Waals surface area contributed by atoms with Gasteiger partial charge in [0.2, 0.25) is 0 Å². The molecule has 1 N–H and O–H groups in total. The van der Waals surface area contributed by atoms with Crippen LogP contribution < -0.4 is 3.48 Å². The minimum atomic E-state index is -2.29. The monoisotopic (exact) mass is 364 g/mol. The van der Waals surface area contributed by atoms with Crippen LogP contribution in [0.1, 0.15) is 11.1 Å². The maximum atomic E-state index is 6.28. The number of benzene rings is 2. The number of halogens is 1. The number of nitrogens with zero attached hydrogens (tertiary/aromatic N) is 1. The van der Waals surface area contributed by atoms with Gasteiger partial charge in [0, 0.05) is 0 Å². The average molecular weight is 365 g/mol. The Balaban J connectivity index is 2.12. The second-order valence-corrected chi connectivity index (χ2v) is 9.40. The summed E-state index contributed by atoms with van der Waals surface area (Å²) in [7, 11) is 6.28. The molecule has 0 amide bonds. The molecule has 0 radical (unpaired) electrons. The summed E-state index contributed by atoms with van der Waals surface area (Å²) in [6.45, 7) is 0. The van der Waals surface area contributed by atoms with Crippen LogP contribution in [0.2, 0.25) is 0 Å². The molecule has 0 aliphatic carbocycles. The Labute approximate surface area is 117 Å². The van der Waals surface area contributed by atoms with Crippen molar-refractivity contribution in [3.05, 3.63) is 71.8 Å². The van der Waals surface area contributed by atoms with E-state index in [1.165, 1.54) is 0 Å². The molecular formula is C14H12ClN2Sb. The molecule has 1 aliphatic rings. The van der Waals surface area contributed by atoms with Gasteiger partial charge in [0.05, 0.1) is 0 Å². The van der Waals surface area contributed by atoms with E-state index in [-0.39, 0.29) is 0 Å². The Bertz CT molecular complexity index is 621. The second kappa shape index (κ2) is 5.25. The van der Waals surface area contributed by atoms with E-state index in [1.807, 2.05) is 36.4 Å². The molecule has 4 heteroatoms. The van der Waals surface area contributed by atoms with E-state index < -0.39 is 19.2 Å². The fraction of sp³-hybridized carbons (Fsp3) is 0. The molecule has 0 saturated carbocycles. The van der Waals surface area contributed by atoms with Gasteiger partial charge < -0.3 is 0 Å². The third kappa shape index (κ3) is 2.36. The fourth-order valence-electron chi connectivity index (χ4n) is 1.96. The maximum absolute atomic E-state index is 6.28. The number of hydrogen-bond acceptors (Lipinski definition) is 2. The van der Waals surface area contributed by atoms with Gasteiger partial charge in [0.15, 0.2) is 0 Å². The summed E-state index contributed by atoms with van der Waals surface area (Å²) < 4.78 is 8.04. The Morgan fingerprint density at radius 1 is 0.833 bits per heavy atom. The van der Waals surface area contributed by atoms with Crippen molar-refractivity contribution in [1.29, 1.82) is 0 Å². The SMILES string of the molecule is [Cl][SbH]1=[N]C(c2ccccc2)=C(c2ccccc2)[NH]1. The molecule has 90 valence electrons. The summed E-state index contributed by atoms with van der Waals surface area (Å²) in [5, 5.41) is 0. The summed E-state index contributed by atoms with van der Waals surface area (Å²) in [4.78, 5) is 0. The molecule has 0 fully saturated rings.